The van der Waals surface area contributed by atoms with Crippen molar-refractivity contribution >= 4 is 11.9 Å². The van der Waals surface area contributed by atoms with Gasteiger partial charge in [0.1, 0.15) is 0 Å². The Balaban J connectivity index is -0.000000245. The first kappa shape index (κ1) is 18.4. The number of carboxylic acid groups (broad SMARTS) is 2. The topological polar surface area (TPSA) is 80.3 Å². The number of rotatable bonds is 3. The number of hydrogen-bond donors (Lipinski definition) is 0. The molecule has 0 rings (SSSR count). The van der Waals surface area contributed by atoms with Crippen LogP contribution >= 0.6 is 0 Å². The van der Waals surface area contributed by atoms with Gasteiger partial charge in [-0.3, -0.25) is 0 Å². The standard InChI is InChI=1S/C4H6O4.2Rb/c5-3(6)1-2-4(7)8;;/h1-2H2,(H,5,6)(H,7,8);;/q;2*+1/p-2. The maximum absolute atomic E-state index is 9.50. The summed E-state index contributed by atoms with van der Waals surface area (Å²) in [4.78, 5) is 19.0. The van der Waals surface area contributed by atoms with Crippen LogP contribution in [-0.2, 0) is 9.59 Å². The van der Waals surface area contributed by atoms with Crippen molar-refractivity contribution < 1.29 is 136 Å². The smallest absolute Gasteiger partial charge is 0.550 e. The third kappa shape index (κ3) is 16.9. The average molecular weight is 287 g/mol. The van der Waals surface area contributed by atoms with Gasteiger partial charge in [-0.2, -0.15) is 0 Å². The largest absolute Gasteiger partial charge is 1.00 e. The van der Waals surface area contributed by atoms with Crippen LogP contribution in [0.25, 0.3) is 0 Å². The van der Waals surface area contributed by atoms with Crippen LogP contribution in [0, 0.1) is 0 Å². The summed E-state index contributed by atoms with van der Waals surface area (Å²) in [5.74, 6) is -2.73. The van der Waals surface area contributed by atoms with Gasteiger partial charge in [0, 0.05) is 11.9 Å². The quantitative estimate of drug-likeness (QED) is 0.516. The van der Waals surface area contributed by atoms with Gasteiger partial charge >= 0.3 is 116 Å². The van der Waals surface area contributed by atoms with Crippen molar-refractivity contribution in [3.05, 3.63) is 0 Å². The van der Waals surface area contributed by atoms with Gasteiger partial charge in [-0.15, -0.1) is 0 Å². The summed E-state index contributed by atoms with van der Waals surface area (Å²) in [5, 5.41) is 19.0. The van der Waals surface area contributed by atoms with Crippen LogP contribution in [0.4, 0.5) is 0 Å². The Morgan fingerprint density at radius 2 is 1.10 bits per heavy atom. The molecular formula is C4H4O4Rb2. The fourth-order valence-corrected chi connectivity index (χ4v) is 0.204. The third-order valence-electron chi connectivity index (χ3n) is 0.533. The number of carboxylic acids is 2. The Kier molecular flexibility index (Phi) is 21.2. The zero-order valence-electron chi connectivity index (χ0n) is 6.05. The molecule has 0 heterocycles. The molecule has 0 aromatic carbocycles. The first-order chi connectivity index (χ1) is 3.63. The van der Waals surface area contributed by atoms with Crippen molar-refractivity contribution in [1.82, 2.24) is 0 Å². The summed E-state index contributed by atoms with van der Waals surface area (Å²) >= 11 is 0. The molecule has 0 saturated carbocycles. The monoisotopic (exact) mass is 286 g/mol. The van der Waals surface area contributed by atoms with Gasteiger partial charge in [-0.05, 0) is 12.8 Å². The van der Waals surface area contributed by atoms with Gasteiger partial charge < -0.3 is 19.8 Å². The van der Waals surface area contributed by atoms with E-state index >= 15 is 0 Å². The number of aliphatic carboxylic acids is 2. The molecule has 4 nitrogen and oxygen atoms in total. The van der Waals surface area contributed by atoms with Crippen molar-refractivity contribution in [3.63, 3.8) is 0 Å². The molecule has 0 saturated heterocycles. The minimum Gasteiger partial charge on any atom is -0.550 e. The van der Waals surface area contributed by atoms with Crippen LogP contribution in [0.15, 0.2) is 0 Å². The van der Waals surface area contributed by atoms with Crippen molar-refractivity contribution in [2.75, 3.05) is 0 Å². The molecule has 0 fully saturated rings. The van der Waals surface area contributed by atoms with E-state index in [0.29, 0.717) is 0 Å². The third-order valence-corrected chi connectivity index (χ3v) is 0.533. The molecule has 0 radical (unpaired) electrons. The molecule has 0 atom stereocenters. The van der Waals surface area contributed by atoms with Crippen LogP contribution < -0.4 is 127 Å². The van der Waals surface area contributed by atoms with E-state index in [-0.39, 0.29) is 116 Å². The molecule has 0 spiro atoms. The average Bonchev–Trinajstić information content (AvgIpc) is 1.61. The van der Waals surface area contributed by atoms with Gasteiger partial charge in [0.15, 0.2) is 0 Å². The molecule has 0 bridgehead atoms. The van der Waals surface area contributed by atoms with Crippen LogP contribution in [0.5, 0.6) is 0 Å². The Morgan fingerprint density at radius 3 is 1.20 bits per heavy atom. The first-order valence-electron chi connectivity index (χ1n) is 2.02. The molecule has 0 N–H and O–H groups in total. The van der Waals surface area contributed by atoms with E-state index in [1.807, 2.05) is 0 Å². The van der Waals surface area contributed by atoms with Crippen molar-refractivity contribution in [2.45, 2.75) is 12.8 Å². The van der Waals surface area contributed by atoms with E-state index in [4.69, 9.17) is 0 Å². The van der Waals surface area contributed by atoms with E-state index in [2.05, 4.69) is 0 Å². The van der Waals surface area contributed by atoms with Crippen LogP contribution in [0.1, 0.15) is 12.8 Å². The second-order valence-electron chi connectivity index (χ2n) is 1.24. The van der Waals surface area contributed by atoms with E-state index in [0.717, 1.165) is 0 Å². The van der Waals surface area contributed by atoms with Crippen molar-refractivity contribution in [2.24, 2.45) is 0 Å². The molecule has 46 valence electrons. The number of hydrogen-bond acceptors (Lipinski definition) is 4. The van der Waals surface area contributed by atoms with Gasteiger partial charge in [0.2, 0.25) is 0 Å². The predicted molar refractivity (Wildman–Crippen MR) is 19.2 cm³/mol. The molecule has 0 unspecified atom stereocenters. The fourth-order valence-electron chi connectivity index (χ4n) is 0.204. The zero-order chi connectivity index (χ0) is 6.57. The van der Waals surface area contributed by atoms with Crippen molar-refractivity contribution in [3.8, 4) is 0 Å². The summed E-state index contributed by atoms with van der Waals surface area (Å²) < 4.78 is 0. The molecule has 0 aliphatic rings. The number of carbonyl (C=O) groups excluding carboxylic acids is 2. The van der Waals surface area contributed by atoms with Gasteiger partial charge in [0.05, 0.1) is 0 Å². The number of carbonyl (C=O) groups is 2. The molecule has 6 heteroatoms. The Bertz CT molecular complexity index is 99.8. The van der Waals surface area contributed by atoms with Crippen LogP contribution in [-0.4, -0.2) is 11.9 Å². The van der Waals surface area contributed by atoms with Crippen LogP contribution in [0.3, 0.4) is 0 Å². The SMILES string of the molecule is O=C([O-])CCC(=O)[O-].[Rb+].[Rb+]. The fraction of sp³-hybridized carbons (Fsp3) is 0.500. The molecule has 0 amide bonds. The van der Waals surface area contributed by atoms with Gasteiger partial charge in [-0.25, -0.2) is 0 Å². The minimum absolute atomic E-state index is 0. The molecular weight excluding hydrogens is 283 g/mol. The zero-order valence-corrected chi connectivity index (χ0v) is 15.9. The summed E-state index contributed by atoms with van der Waals surface area (Å²) in [5.41, 5.74) is 0. The minimum atomic E-state index is -1.37. The maximum atomic E-state index is 9.50. The Labute approximate surface area is 156 Å². The Hall–Kier alpha value is 2.55. The molecule has 0 aromatic rings. The van der Waals surface area contributed by atoms with E-state index in [9.17, 15) is 19.8 Å². The molecule has 0 aliphatic carbocycles. The van der Waals surface area contributed by atoms with Crippen LogP contribution in [0.2, 0.25) is 0 Å². The van der Waals surface area contributed by atoms with E-state index in [1.165, 1.54) is 0 Å². The maximum Gasteiger partial charge on any atom is 1.00 e. The molecule has 10 heavy (non-hydrogen) atoms. The van der Waals surface area contributed by atoms with Gasteiger partial charge in [0.25, 0.3) is 0 Å². The van der Waals surface area contributed by atoms with Crippen molar-refractivity contribution in [1.29, 1.82) is 0 Å². The molecule has 0 aliphatic heterocycles. The summed E-state index contributed by atoms with van der Waals surface area (Å²) in [7, 11) is 0. The molecule has 0 aromatic heterocycles. The first-order valence-corrected chi connectivity index (χ1v) is 2.02. The summed E-state index contributed by atoms with van der Waals surface area (Å²) in [6.07, 6.45) is -0.940. The van der Waals surface area contributed by atoms with E-state index in [1.54, 1.807) is 0 Å². The second kappa shape index (κ2) is 11.6. The normalized spacial score (nSPS) is 6.80. The Morgan fingerprint density at radius 1 is 0.900 bits per heavy atom. The second-order valence-corrected chi connectivity index (χ2v) is 1.24. The summed E-state index contributed by atoms with van der Waals surface area (Å²) in [6.45, 7) is 0. The summed E-state index contributed by atoms with van der Waals surface area (Å²) in [6, 6.07) is 0. The van der Waals surface area contributed by atoms with Gasteiger partial charge in [-0.1, -0.05) is 0 Å². The predicted octanol–water partition coefficient (Wildman–Crippen LogP) is -8.73. The van der Waals surface area contributed by atoms with E-state index < -0.39 is 24.8 Å².